The second-order valence-corrected chi connectivity index (χ2v) is 6.69. The largest absolute Gasteiger partial charge is 0.324 e. The summed E-state index contributed by atoms with van der Waals surface area (Å²) in [6.07, 6.45) is 1.69. The fourth-order valence-corrected chi connectivity index (χ4v) is 3.46. The van der Waals surface area contributed by atoms with Gasteiger partial charge in [0, 0.05) is 11.3 Å². The molecule has 0 unspecified atom stereocenters. The van der Waals surface area contributed by atoms with E-state index in [1.807, 2.05) is 55.5 Å². The molecule has 24 heavy (non-hydrogen) atoms. The Bertz CT molecular complexity index is 804. The van der Waals surface area contributed by atoms with Crippen LogP contribution in [0.3, 0.4) is 0 Å². The van der Waals surface area contributed by atoms with Gasteiger partial charge in [-0.05, 0) is 30.2 Å². The molecule has 0 aromatic heterocycles. The minimum Gasteiger partial charge on any atom is -0.324 e. The molecule has 0 aliphatic carbocycles. The summed E-state index contributed by atoms with van der Waals surface area (Å²) in [7, 11) is 0. The number of hydrogen-bond acceptors (Lipinski definition) is 4. The summed E-state index contributed by atoms with van der Waals surface area (Å²) in [5.41, 5.74) is 5.30. The molecule has 3 rings (SSSR count). The zero-order chi connectivity index (χ0) is 16.9. The van der Waals surface area contributed by atoms with E-state index in [0.29, 0.717) is 0 Å². The van der Waals surface area contributed by atoms with Gasteiger partial charge in [0.25, 0.3) is 0 Å². The van der Waals surface area contributed by atoms with Gasteiger partial charge in [0.05, 0.1) is 17.2 Å². The zero-order valence-corrected chi connectivity index (χ0v) is 14.0. The number of benzene rings is 2. The smallest absolute Gasteiger partial charge is 0.241 e. The van der Waals surface area contributed by atoms with Gasteiger partial charge in [0.15, 0.2) is 0 Å². The number of anilines is 1. The molecule has 0 spiro atoms. The van der Waals surface area contributed by atoms with Gasteiger partial charge >= 0.3 is 0 Å². The van der Waals surface area contributed by atoms with Crippen molar-refractivity contribution in [1.82, 2.24) is 5.43 Å². The van der Waals surface area contributed by atoms with Crippen LogP contribution in [-0.2, 0) is 9.59 Å². The first-order valence-corrected chi connectivity index (χ1v) is 8.45. The lowest BCUT2D eigenvalue weighted by molar-refractivity contribution is -0.124. The van der Waals surface area contributed by atoms with E-state index in [1.165, 1.54) is 11.8 Å². The van der Waals surface area contributed by atoms with Gasteiger partial charge in [-0.2, -0.15) is 5.10 Å². The molecule has 1 atom stereocenters. The Balaban J connectivity index is 1.58. The highest BCUT2D eigenvalue weighted by molar-refractivity contribution is 8.01. The number of fused-ring (bicyclic) bond motifs is 1. The Morgan fingerprint density at radius 2 is 2.00 bits per heavy atom. The Kier molecular flexibility index (Phi) is 4.96. The lowest BCUT2D eigenvalue weighted by Crippen LogP contribution is -2.33. The maximum atomic E-state index is 12.1. The lowest BCUT2D eigenvalue weighted by Gasteiger charge is -2.23. The summed E-state index contributed by atoms with van der Waals surface area (Å²) in [6, 6.07) is 15.3. The number of hydrazone groups is 1. The fraction of sp³-hybridized carbons (Fsp3) is 0.167. The van der Waals surface area contributed by atoms with Crippen LogP contribution in [0.1, 0.15) is 17.5 Å². The molecule has 1 aliphatic rings. The molecule has 5 nitrogen and oxygen atoms in total. The van der Waals surface area contributed by atoms with Gasteiger partial charge in [0.1, 0.15) is 0 Å². The number of nitrogens with one attached hydrogen (secondary N) is 2. The predicted molar refractivity (Wildman–Crippen MR) is 96.2 cm³/mol. The SMILES string of the molecule is Cc1ccccc1/C=N\NC(=O)C[C@@H]1Sc2ccccc2NC1=O. The van der Waals surface area contributed by atoms with Crippen molar-refractivity contribution in [1.29, 1.82) is 0 Å². The van der Waals surface area contributed by atoms with Crippen molar-refractivity contribution in [3.8, 4) is 0 Å². The van der Waals surface area contributed by atoms with Crippen LogP contribution >= 0.6 is 11.8 Å². The van der Waals surface area contributed by atoms with E-state index in [1.54, 1.807) is 6.21 Å². The number of carbonyl (C=O) groups is 2. The third-order valence-electron chi connectivity index (χ3n) is 3.66. The summed E-state index contributed by atoms with van der Waals surface area (Å²) in [5, 5.41) is 6.35. The van der Waals surface area contributed by atoms with Crippen LogP contribution in [0.15, 0.2) is 58.5 Å². The molecule has 122 valence electrons. The topological polar surface area (TPSA) is 70.6 Å². The van der Waals surface area contributed by atoms with E-state index >= 15 is 0 Å². The molecule has 0 bridgehead atoms. The first-order chi connectivity index (χ1) is 11.6. The lowest BCUT2D eigenvalue weighted by atomic mass is 10.1. The highest BCUT2D eigenvalue weighted by Gasteiger charge is 2.28. The predicted octanol–water partition coefficient (Wildman–Crippen LogP) is 2.95. The first-order valence-electron chi connectivity index (χ1n) is 7.57. The van der Waals surface area contributed by atoms with Gasteiger partial charge in [-0.1, -0.05) is 36.4 Å². The minimum atomic E-state index is -0.450. The quantitative estimate of drug-likeness (QED) is 0.664. The third-order valence-corrected chi connectivity index (χ3v) is 4.93. The van der Waals surface area contributed by atoms with Crippen LogP contribution in [0, 0.1) is 6.92 Å². The van der Waals surface area contributed by atoms with Gasteiger partial charge in [-0.15, -0.1) is 11.8 Å². The van der Waals surface area contributed by atoms with Crippen molar-refractivity contribution >= 4 is 35.5 Å². The van der Waals surface area contributed by atoms with E-state index < -0.39 is 5.25 Å². The molecule has 0 fully saturated rings. The number of thioether (sulfide) groups is 1. The summed E-state index contributed by atoms with van der Waals surface area (Å²) < 4.78 is 0. The summed E-state index contributed by atoms with van der Waals surface area (Å²) in [6.45, 7) is 1.98. The molecule has 0 saturated heterocycles. The van der Waals surface area contributed by atoms with Crippen molar-refractivity contribution in [2.45, 2.75) is 23.5 Å². The van der Waals surface area contributed by atoms with Gasteiger partial charge in [0.2, 0.25) is 11.8 Å². The van der Waals surface area contributed by atoms with E-state index in [9.17, 15) is 9.59 Å². The first kappa shape index (κ1) is 16.3. The van der Waals surface area contributed by atoms with Crippen molar-refractivity contribution in [2.24, 2.45) is 5.10 Å². The average Bonchev–Trinajstić information content (AvgIpc) is 2.57. The summed E-state index contributed by atoms with van der Waals surface area (Å²) >= 11 is 1.40. The molecule has 2 N–H and O–H groups in total. The zero-order valence-electron chi connectivity index (χ0n) is 13.2. The highest BCUT2D eigenvalue weighted by Crippen LogP contribution is 2.36. The Hall–Kier alpha value is -2.60. The highest BCUT2D eigenvalue weighted by atomic mass is 32.2. The van der Waals surface area contributed by atoms with Crippen LogP contribution < -0.4 is 10.7 Å². The third kappa shape index (κ3) is 3.83. The monoisotopic (exact) mass is 339 g/mol. The Labute approximate surface area is 144 Å². The number of nitrogens with zero attached hydrogens (tertiary/aromatic N) is 1. The molecular weight excluding hydrogens is 322 g/mol. The minimum absolute atomic E-state index is 0.0793. The van der Waals surface area contributed by atoms with Gasteiger partial charge < -0.3 is 5.32 Å². The van der Waals surface area contributed by atoms with Crippen molar-refractivity contribution in [3.63, 3.8) is 0 Å². The number of para-hydroxylation sites is 1. The Morgan fingerprint density at radius 3 is 2.83 bits per heavy atom. The molecule has 2 amide bonds. The number of hydrogen-bond donors (Lipinski definition) is 2. The second kappa shape index (κ2) is 7.31. The number of carbonyl (C=O) groups excluding carboxylic acids is 2. The molecule has 0 radical (unpaired) electrons. The van der Waals surface area contributed by atoms with Gasteiger partial charge in [-0.3, -0.25) is 9.59 Å². The molecule has 2 aromatic rings. The molecular formula is C18H17N3O2S. The molecule has 2 aromatic carbocycles. The average molecular weight is 339 g/mol. The standard InChI is InChI=1S/C18H17N3O2S/c1-12-6-2-3-7-13(12)11-19-21-17(22)10-16-18(23)20-14-8-4-5-9-15(14)24-16/h2-9,11,16H,10H2,1H3,(H,20,23)(H,21,22)/b19-11-/t16-/m0/s1. The van der Waals surface area contributed by atoms with E-state index in [-0.39, 0.29) is 18.2 Å². The number of aryl methyl sites for hydroxylation is 1. The number of rotatable bonds is 4. The normalized spacial score (nSPS) is 16.5. The summed E-state index contributed by atoms with van der Waals surface area (Å²) in [5.74, 6) is -0.441. The van der Waals surface area contributed by atoms with Crippen LogP contribution in [0.2, 0.25) is 0 Å². The van der Waals surface area contributed by atoms with E-state index in [4.69, 9.17) is 0 Å². The second-order valence-electron chi connectivity index (χ2n) is 5.45. The van der Waals surface area contributed by atoms with Crippen LogP contribution in [0.5, 0.6) is 0 Å². The maximum Gasteiger partial charge on any atom is 0.241 e. The number of amides is 2. The maximum absolute atomic E-state index is 12.1. The molecule has 0 saturated carbocycles. The van der Waals surface area contributed by atoms with Crippen molar-refractivity contribution in [3.05, 3.63) is 59.7 Å². The van der Waals surface area contributed by atoms with Crippen LogP contribution in [0.4, 0.5) is 5.69 Å². The van der Waals surface area contributed by atoms with Crippen LogP contribution in [-0.4, -0.2) is 23.3 Å². The molecule has 1 heterocycles. The molecule has 6 heteroatoms. The van der Waals surface area contributed by atoms with Crippen LogP contribution in [0.25, 0.3) is 0 Å². The van der Waals surface area contributed by atoms with Gasteiger partial charge in [-0.25, -0.2) is 5.43 Å². The van der Waals surface area contributed by atoms with Crippen molar-refractivity contribution < 1.29 is 9.59 Å². The Morgan fingerprint density at radius 1 is 1.25 bits per heavy atom. The summed E-state index contributed by atoms with van der Waals surface area (Å²) in [4.78, 5) is 25.1. The van der Waals surface area contributed by atoms with Crippen molar-refractivity contribution in [2.75, 3.05) is 5.32 Å². The fourth-order valence-electron chi connectivity index (χ4n) is 2.35. The van der Waals surface area contributed by atoms with E-state index in [0.717, 1.165) is 21.7 Å². The van der Waals surface area contributed by atoms with E-state index in [2.05, 4.69) is 15.8 Å². The molecule has 1 aliphatic heterocycles.